The molecule has 0 saturated heterocycles. The molecule has 2 atom stereocenters. The number of ether oxygens (including phenoxy) is 2. The van der Waals surface area contributed by atoms with E-state index in [0.717, 1.165) is 11.1 Å². The Hall–Kier alpha value is -3.36. The molecule has 2 N–H and O–H groups in total. The van der Waals surface area contributed by atoms with Gasteiger partial charge in [-0.1, -0.05) is 20.8 Å². The number of pyridine rings is 1. The number of aryl methyl sites for hydroxylation is 1. The average molecular weight is 429 g/mol. The summed E-state index contributed by atoms with van der Waals surface area (Å²) in [7, 11) is 3.05. The van der Waals surface area contributed by atoms with Crippen molar-refractivity contribution in [3.8, 4) is 11.5 Å². The molecule has 9 heteroatoms. The third kappa shape index (κ3) is 4.26. The van der Waals surface area contributed by atoms with Crippen molar-refractivity contribution in [1.29, 1.82) is 0 Å². The van der Waals surface area contributed by atoms with E-state index in [0.29, 0.717) is 41.3 Å². The normalized spacial score (nSPS) is 18.1. The van der Waals surface area contributed by atoms with Crippen molar-refractivity contribution in [2.24, 2.45) is 0 Å². The van der Waals surface area contributed by atoms with Crippen LogP contribution in [-0.2, 0) is 11.8 Å². The van der Waals surface area contributed by atoms with Crippen molar-refractivity contribution in [3.05, 3.63) is 56.9 Å². The van der Waals surface area contributed by atoms with E-state index in [9.17, 15) is 20.0 Å². The zero-order valence-corrected chi connectivity index (χ0v) is 18.3. The van der Waals surface area contributed by atoms with Gasteiger partial charge in [0.1, 0.15) is 0 Å². The predicted octanol–water partition coefficient (Wildman–Crippen LogP) is 4.21. The van der Waals surface area contributed by atoms with E-state index in [2.05, 4.69) is 10.3 Å². The number of amides is 1. The molecule has 0 saturated carbocycles. The number of methoxy groups -OCH3 is 2. The van der Waals surface area contributed by atoms with Crippen LogP contribution in [0.3, 0.4) is 0 Å². The first kappa shape index (κ1) is 22.3. The minimum absolute atomic E-state index is 0.283. The lowest BCUT2D eigenvalue weighted by atomic mass is 9.72. The number of hydrogen-bond donors (Lipinski definition) is 2. The summed E-state index contributed by atoms with van der Waals surface area (Å²) in [5.74, 6) is 0.304. The number of aromatic nitrogens is 1. The lowest BCUT2D eigenvalue weighted by Crippen LogP contribution is -2.35. The molecule has 1 aromatic carbocycles. The van der Waals surface area contributed by atoms with Crippen molar-refractivity contribution in [2.75, 3.05) is 19.5 Å². The lowest BCUT2D eigenvalue weighted by Gasteiger charge is -2.34. The molecule has 3 rings (SSSR count). The first-order valence-corrected chi connectivity index (χ1v) is 9.96. The third-order valence-corrected chi connectivity index (χ3v) is 5.60. The number of benzene rings is 1. The van der Waals surface area contributed by atoms with Gasteiger partial charge in [-0.15, -0.1) is 0 Å². The van der Waals surface area contributed by atoms with Crippen molar-refractivity contribution < 1.29 is 24.3 Å². The summed E-state index contributed by atoms with van der Waals surface area (Å²) in [6.45, 7) is 5.84. The van der Waals surface area contributed by atoms with Crippen LogP contribution >= 0.6 is 0 Å². The van der Waals surface area contributed by atoms with Gasteiger partial charge >= 0.3 is 6.09 Å². The molecule has 1 aliphatic rings. The van der Waals surface area contributed by atoms with Crippen LogP contribution in [0.2, 0.25) is 0 Å². The van der Waals surface area contributed by atoms with Gasteiger partial charge in [-0.05, 0) is 35.7 Å². The fraction of sp³-hybridized carbons (Fsp3) is 0.455. The minimum atomic E-state index is -1.24. The van der Waals surface area contributed by atoms with E-state index in [1.807, 2.05) is 26.8 Å². The number of rotatable bonds is 5. The SMILES string of the molecule is COc1cc2c(cc1OC)[C@H](c1c(NC(=O)O)ccnc1C(C)(C)C)[C@@H]([N+](=O)[O-])CC2. The molecule has 1 aliphatic carbocycles. The number of hydrogen-bond acceptors (Lipinski definition) is 6. The van der Waals surface area contributed by atoms with E-state index in [-0.39, 0.29) is 4.92 Å². The maximum absolute atomic E-state index is 12.1. The number of nitrogens with one attached hydrogen (secondary N) is 1. The molecule has 1 aromatic heterocycles. The van der Waals surface area contributed by atoms with E-state index in [4.69, 9.17) is 9.47 Å². The maximum atomic E-state index is 12.1. The predicted molar refractivity (Wildman–Crippen MR) is 115 cm³/mol. The molecule has 0 bridgehead atoms. The quantitative estimate of drug-likeness (QED) is 0.539. The number of carbonyl (C=O) groups is 1. The molecule has 0 unspecified atom stereocenters. The van der Waals surface area contributed by atoms with Crippen LogP contribution in [-0.4, -0.2) is 41.4 Å². The highest BCUT2D eigenvalue weighted by atomic mass is 16.6. The number of anilines is 1. The van der Waals surface area contributed by atoms with Gasteiger partial charge < -0.3 is 14.6 Å². The highest BCUT2D eigenvalue weighted by Gasteiger charge is 2.43. The highest BCUT2D eigenvalue weighted by molar-refractivity contribution is 5.85. The Labute approximate surface area is 180 Å². The standard InChI is InChI=1S/C22H27N3O6/c1-22(2,3)20-19(14(8-9-23-20)24-21(26)27)18-13-11-17(31-5)16(30-4)10-12(13)6-7-15(18)25(28)29/h8-11,15,18H,6-7H2,1-5H3,(H,23,24)(H,26,27)/t15-,18-/m0/s1. The van der Waals surface area contributed by atoms with Crippen LogP contribution in [0.4, 0.5) is 10.5 Å². The highest BCUT2D eigenvalue weighted by Crippen LogP contribution is 2.47. The Morgan fingerprint density at radius 2 is 1.90 bits per heavy atom. The second-order valence-corrected chi connectivity index (χ2v) is 8.58. The molecule has 31 heavy (non-hydrogen) atoms. The van der Waals surface area contributed by atoms with Gasteiger partial charge in [0.05, 0.1) is 31.5 Å². The summed E-state index contributed by atoms with van der Waals surface area (Å²) in [4.78, 5) is 27.9. The first-order valence-electron chi connectivity index (χ1n) is 9.96. The molecule has 0 radical (unpaired) electrons. The minimum Gasteiger partial charge on any atom is -0.493 e. The Kier molecular flexibility index (Phi) is 6.06. The summed E-state index contributed by atoms with van der Waals surface area (Å²) >= 11 is 0. The summed E-state index contributed by atoms with van der Waals surface area (Å²) in [5, 5.41) is 23.9. The van der Waals surface area contributed by atoms with Gasteiger partial charge in [-0.3, -0.25) is 20.4 Å². The van der Waals surface area contributed by atoms with Crippen molar-refractivity contribution in [2.45, 2.75) is 51.0 Å². The second-order valence-electron chi connectivity index (χ2n) is 8.58. The molecule has 166 valence electrons. The van der Waals surface area contributed by atoms with Crippen LogP contribution < -0.4 is 14.8 Å². The van der Waals surface area contributed by atoms with Gasteiger partial charge in [0.25, 0.3) is 0 Å². The molecule has 0 aliphatic heterocycles. The van der Waals surface area contributed by atoms with Crippen LogP contribution in [0.25, 0.3) is 0 Å². The zero-order valence-electron chi connectivity index (χ0n) is 18.3. The van der Waals surface area contributed by atoms with E-state index in [1.165, 1.54) is 20.4 Å². The van der Waals surface area contributed by atoms with Crippen LogP contribution in [0.15, 0.2) is 24.4 Å². The topological polar surface area (TPSA) is 124 Å². The van der Waals surface area contributed by atoms with Crippen molar-refractivity contribution >= 4 is 11.8 Å². The molecule has 9 nitrogen and oxygen atoms in total. The fourth-order valence-corrected chi connectivity index (χ4v) is 4.31. The average Bonchev–Trinajstić information content (AvgIpc) is 2.70. The molecular weight excluding hydrogens is 402 g/mol. The first-order chi connectivity index (χ1) is 14.6. The van der Waals surface area contributed by atoms with E-state index < -0.39 is 23.5 Å². The number of carboxylic acid groups (broad SMARTS) is 1. The van der Waals surface area contributed by atoms with Crippen LogP contribution in [0.5, 0.6) is 11.5 Å². The molecule has 2 aromatic rings. The van der Waals surface area contributed by atoms with Gasteiger partial charge in [-0.25, -0.2) is 4.79 Å². The lowest BCUT2D eigenvalue weighted by molar-refractivity contribution is -0.526. The second kappa shape index (κ2) is 8.41. The van der Waals surface area contributed by atoms with Gasteiger partial charge in [0.2, 0.25) is 6.04 Å². The van der Waals surface area contributed by atoms with E-state index >= 15 is 0 Å². The Balaban J connectivity index is 2.36. The molecule has 1 amide bonds. The molecule has 0 fully saturated rings. The smallest absolute Gasteiger partial charge is 0.409 e. The van der Waals surface area contributed by atoms with Crippen molar-refractivity contribution in [3.63, 3.8) is 0 Å². The number of nitrogens with zero attached hydrogens (tertiary/aromatic N) is 2. The molecular formula is C22H27N3O6. The largest absolute Gasteiger partial charge is 0.493 e. The van der Waals surface area contributed by atoms with Crippen molar-refractivity contribution in [1.82, 2.24) is 4.98 Å². The van der Waals surface area contributed by atoms with Gasteiger partial charge in [-0.2, -0.15) is 0 Å². The molecule has 1 heterocycles. The van der Waals surface area contributed by atoms with E-state index in [1.54, 1.807) is 12.1 Å². The summed E-state index contributed by atoms with van der Waals surface area (Å²) < 4.78 is 10.9. The van der Waals surface area contributed by atoms with Gasteiger partial charge in [0, 0.05) is 28.5 Å². The maximum Gasteiger partial charge on any atom is 0.409 e. The van der Waals surface area contributed by atoms with Crippen LogP contribution in [0.1, 0.15) is 55.5 Å². The van der Waals surface area contributed by atoms with Gasteiger partial charge in [0.15, 0.2) is 11.5 Å². The number of fused-ring (bicyclic) bond motifs is 1. The monoisotopic (exact) mass is 429 g/mol. The number of nitro groups is 1. The summed E-state index contributed by atoms with van der Waals surface area (Å²) in [6, 6.07) is 4.21. The Bertz CT molecular complexity index is 1020. The van der Waals surface area contributed by atoms with Crippen LogP contribution in [0, 0.1) is 10.1 Å². The summed E-state index contributed by atoms with van der Waals surface area (Å²) in [5.41, 5.74) is 2.58. The third-order valence-electron chi connectivity index (χ3n) is 5.60. The Morgan fingerprint density at radius 1 is 1.26 bits per heavy atom. The summed E-state index contributed by atoms with van der Waals surface area (Å²) in [6.07, 6.45) is 1.10. The Morgan fingerprint density at radius 3 is 2.45 bits per heavy atom. The fourth-order valence-electron chi connectivity index (χ4n) is 4.31. The molecule has 0 spiro atoms. The zero-order chi connectivity index (χ0) is 22.9.